The molecule has 5 nitrogen and oxygen atoms in total. The third-order valence-electron chi connectivity index (χ3n) is 4.40. The lowest BCUT2D eigenvalue weighted by Crippen LogP contribution is -2.36. The van der Waals surface area contributed by atoms with Gasteiger partial charge in [0, 0.05) is 13.0 Å². The van der Waals surface area contributed by atoms with Gasteiger partial charge in [0.1, 0.15) is 12.4 Å². The van der Waals surface area contributed by atoms with Gasteiger partial charge in [0.25, 0.3) is 0 Å². The van der Waals surface area contributed by atoms with E-state index in [0.717, 1.165) is 23.3 Å². The maximum Gasteiger partial charge on any atom is 0.240 e. The highest BCUT2D eigenvalue weighted by molar-refractivity contribution is 7.07. The zero-order valence-electron chi connectivity index (χ0n) is 14.9. The monoisotopic (exact) mass is 356 g/mol. The molecular weight excluding hydrogens is 332 g/mol. The van der Waals surface area contributed by atoms with Crippen LogP contribution in [0.4, 0.5) is 0 Å². The molecule has 0 saturated carbocycles. The van der Waals surface area contributed by atoms with E-state index >= 15 is 0 Å². The molecule has 0 radical (unpaired) electrons. The van der Waals surface area contributed by atoms with Crippen molar-refractivity contribution in [2.24, 2.45) is 0 Å². The van der Waals surface area contributed by atoms with E-state index in [1.165, 1.54) is 5.56 Å². The summed E-state index contributed by atoms with van der Waals surface area (Å²) in [6, 6.07) is 10.3. The second-order valence-electron chi connectivity index (χ2n) is 6.30. The van der Waals surface area contributed by atoms with E-state index in [-0.39, 0.29) is 11.9 Å². The number of nitrogens with zero attached hydrogens (tertiary/aromatic N) is 3. The highest BCUT2D eigenvalue weighted by Gasteiger charge is 2.17. The van der Waals surface area contributed by atoms with Crippen molar-refractivity contribution >= 4 is 28.3 Å². The van der Waals surface area contributed by atoms with Crippen LogP contribution in [0.2, 0.25) is 0 Å². The van der Waals surface area contributed by atoms with Crippen LogP contribution >= 0.6 is 11.3 Å². The molecule has 3 aromatic rings. The summed E-state index contributed by atoms with van der Waals surface area (Å²) >= 11 is 1.68. The van der Waals surface area contributed by atoms with Crippen LogP contribution in [0.3, 0.4) is 0 Å². The van der Waals surface area contributed by atoms with E-state index in [2.05, 4.69) is 39.0 Å². The summed E-state index contributed by atoms with van der Waals surface area (Å²) in [6.07, 6.45) is 0.803. The van der Waals surface area contributed by atoms with Gasteiger partial charge in [0.2, 0.25) is 5.91 Å². The summed E-state index contributed by atoms with van der Waals surface area (Å²) in [6.45, 7) is 2.96. The molecule has 0 fully saturated rings. The maximum atomic E-state index is 12.5. The zero-order valence-corrected chi connectivity index (χ0v) is 15.7. The largest absolute Gasteiger partial charge is 0.353 e. The van der Waals surface area contributed by atoms with Crippen LogP contribution in [0.1, 0.15) is 24.4 Å². The predicted molar refractivity (Wildman–Crippen MR) is 103 cm³/mol. The summed E-state index contributed by atoms with van der Waals surface area (Å²) < 4.78 is 2.01. The highest BCUT2D eigenvalue weighted by Crippen LogP contribution is 2.20. The highest BCUT2D eigenvalue weighted by atomic mass is 32.1. The van der Waals surface area contributed by atoms with Crippen LogP contribution in [-0.4, -0.2) is 41.0 Å². The Bertz CT molecular complexity index is 838. The van der Waals surface area contributed by atoms with Crippen molar-refractivity contribution in [3.63, 3.8) is 0 Å². The number of likely N-dealkylation sites (N-methyl/N-ethyl adjacent to an activating group) is 1. The van der Waals surface area contributed by atoms with E-state index in [0.29, 0.717) is 13.1 Å². The van der Waals surface area contributed by atoms with E-state index in [4.69, 9.17) is 0 Å². The molecule has 0 unspecified atom stereocenters. The molecule has 2 heterocycles. The van der Waals surface area contributed by atoms with Crippen molar-refractivity contribution in [3.8, 4) is 0 Å². The number of rotatable bonds is 7. The Morgan fingerprint density at radius 3 is 2.80 bits per heavy atom. The number of imidazole rings is 1. The van der Waals surface area contributed by atoms with Gasteiger partial charge in [-0.3, -0.25) is 4.79 Å². The molecule has 0 bridgehead atoms. The Hall–Kier alpha value is -2.18. The van der Waals surface area contributed by atoms with Gasteiger partial charge in [-0.05, 0) is 48.6 Å². The minimum atomic E-state index is 0.0138. The summed E-state index contributed by atoms with van der Waals surface area (Å²) in [4.78, 5) is 19.3. The molecule has 0 aliphatic rings. The van der Waals surface area contributed by atoms with E-state index in [1.807, 2.05) is 42.9 Å². The molecular formula is C19H24N4OS. The third-order valence-corrected chi connectivity index (χ3v) is 5.10. The van der Waals surface area contributed by atoms with Gasteiger partial charge in [-0.15, -0.1) is 0 Å². The molecule has 1 aromatic carbocycles. The molecule has 0 aliphatic heterocycles. The van der Waals surface area contributed by atoms with Crippen LogP contribution in [-0.2, 0) is 17.8 Å². The average molecular weight is 356 g/mol. The second kappa shape index (κ2) is 7.80. The molecule has 6 heteroatoms. The number of benzene rings is 1. The third kappa shape index (κ3) is 3.91. The van der Waals surface area contributed by atoms with Crippen molar-refractivity contribution in [1.82, 2.24) is 19.8 Å². The van der Waals surface area contributed by atoms with Gasteiger partial charge in [-0.2, -0.15) is 11.3 Å². The smallest absolute Gasteiger partial charge is 0.240 e. The topological polar surface area (TPSA) is 50.2 Å². The van der Waals surface area contributed by atoms with Crippen molar-refractivity contribution < 1.29 is 4.79 Å². The SMILES string of the molecule is CCc1nc2ccccc2n1CC(=O)NC[C@H](c1ccsc1)N(C)C. The lowest BCUT2D eigenvalue weighted by Gasteiger charge is -2.24. The van der Waals surface area contributed by atoms with Crippen LogP contribution < -0.4 is 5.32 Å². The first kappa shape index (κ1) is 17.6. The number of carbonyl (C=O) groups excluding carboxylic acids is 1. The molecule has 2 aromatic heterocycles. The Labute approximate surface area is 152 Å². The quantitative estimate of drug-likeness (QED) is 0.708. The fourth-order valence-electron chi connectivity index (χ4n) is 3.04. The molecule has 0 aliphatic carbocycles. The van der Waals surface area contributed by atoms with Crippen molar-refractivity contribution in [3.05, 3.63) is 52.5 Å². The Kier molecular flexibility index (Phi) is 5.50. The van der Waals surface area contributed by atoms with E-state index in [9.17, 15) is 4.79 Å². The van der Waals surface area contributed by atoms with Crippen molar-refractivity contribution in [2.75, 3.05) is 20.6 Å². The maximum absolute atomic E-state index is 12.5. The summed E-state index contributed by atoms with van der Waals surface area (Å²) in [5.41, 5.74) is 3.19. The second-order valence-corrected chi connectivity index (χ2v) is 7.08. The Morgan fingerprint density at radius 2 is 2.12 bits per heavy atom. The van der Waals surface area contributed by atoms with Gasteiger partial charge in [-0.1, -0.05) is 19.1 Å². The number of aromatic nitrogens is 2. The lowest BCUT2D eigenvalue weighted by atomic mass is 10.1. The number of hydrogen-bond donors (Lipinski definition) is 1. The number of aryl methyl sites for hydroxylation is 1. The standard InChI is InChI=1S/C19H24N4OS/c1-4-18-21-15-7-5-6-8-16(15)23(18)12-19(24)20-11-17(22(2)3)14-9-10-25-13-14/h5-10,13,17H,4,11-12H2,1-3H3,(H,20,24)/t17-/m1/s1. The summed E-state index contributed by atoms with van der Waals surface area (Å²) in [5.74, 6) is 0.957. The summed E-state index contributed by atoms with van der Waals surface area (Å²) in [5, 5.41) is 7.28. The first-order chi connectivity index (χ1) is 12.1. The number of carbonyl (C=O) groups is 1. The average Bonchev–Trinajstić information content (AvgIpc) is 3.23. The fourth-order valence-corrected chi connectivity index (χ4v) is 3.75. The molecule has 1 amide bonds. The first-order valence-electron chi connectivity index (χ1n) is 8.49. The van der Waals surface area contributed by atoms with Gasteiger partial charge < -0.3 is 14.8 Å². The molecule has 1 N–H and O–H groups in total. The Balaban J connectivity index is 1.70. The number of amides is 1. The van der Waals surface area contributed by atoms with Crippen LogP contribution in [0.15, 0.2) is 41.1 Å². The van der Waals surface area contributed by atoms with Crippen LogP contribution in [0.25, 0.3) is 11.0 Å². The summed E-state index contributed by atoms with van der Waals surface area (Å²) in [7, 11) is 4.07. The van der Waals surface area contributed by atoms with Gasteiger partial charge in [0.05, 0.1) is 17.1 Å². The fraction of sp³-hybridized carbons (Fsp3) is 0.368. The molecule has 0 spiro atoms. The van der Waals surface area contributed by atoms with E-state index in [1.54, 1.807) is 11.3 Å². The number of thiophene rings is 1. The predicted octanol–water partition coefficient (Wildman–Crippen LogP) is 3.08. The number of fused-ring (bicyclic) bond motifs is 1. The van der Waals surface area contributed by atoms with Crippen LogP contribution in [0, 0.1) is 0 Å². The van der Waals surface area contributed by atoms with Gasteiger partial charge >= 0.3 is 0 Å². The van der Waals surface area contributed by atoms with Crippen molar-refractivity contribution in [1.29, 1.82) is 0 Å². The molecule has 1 atom stereocenters. The minimum absolute atomic E-state index is 0.0138. The zero-order chi connectivity index (χ0) is 17.8. The first-order valence-corrected chi connectivity index (χ1v) is 9.43. The lowest BCUT2D eigenvalue weighted by molar-refractivity contribution is -0.121. The molecule has 25 heavy (non-hydrogen) atoms. The molecule has 0 saturated heterocycles. The van der Waals surface area contributed by atoms with Crippen LogP contribution in [0.5, 0.6) is 0 Å². The van der Waals surface area contributed by atoms with Crippen molar-refractivity contribution in [2.45, 2.75) is 25.9 Å². The molecule has 132 valence electrons. The normalized spacial score (nSPS) is 12.6. The Morgan fingerprint density at radius 1 is 1.32 bits per heavy atom. The number of nitrogens with one attached hydrogen (secondary N) is 1. The van der Waals surface area contributed by atoms with Gasteiger partial charge in [-0.25, -0.2) is 4.98 Å². The minimum Gasteiger partial charge on any atom is -0.353 e. The van der Waals surface area contributed by atoms with E-state index < -0.39 is 0 Å². The van der Waals surface area contributed by atoms with Gasteiger partial charge in [0.15, 0.2) is 0 Å². The number of hydrogen-bond acceptors (Lipinski definition) is 4. The molecule has 3 rings (SSSR count). The number of para-hydroxylation sites is 2.